The lowest BCUT2D eigenvalue weighted by Gasteiger charge is -2.38. The number of nitrogens with one attached hydrogen (secondary N) is 1. The molecule has 9 nitrogen and oxygen atoms in total. The van der Waals surface area contributed by atoms with Crippen molar-refractivity contribution in [2.24, 2.45) is 0 Å². The van der Waals surface area contributed by atoms with Crippen molar-refractivity contribution in [2.45, 2.75) is 19.1 Å². The van der Waals surface area contributed by atoms with Crippen molar-refractivity contribution in [1.29, 1.82) is 0 Å². The van der Waals surface area contributed by atoms with E-state index in [1.54, 1.807) is 17.9 Å². The number of amides is 1. The van der Waals surface area contributed by atoms with Crippen molar-refractivity contribution < 1.29 is 32.0 Å². The van der Waals surface area contributed by atoms with Crippen LogP contribution in [0, 0.1) is 10.1 Å². The number of methoxy groups -OCH3 is 1. The van der Waals surface area contributed by atoms with Crippen LogP contribution in [0.15, 0.2) is 59.0 Å². The number of furan rings is 1. The van der Waals surface area contributed by atoms with Crippen LogP contribution in [-0.2, 0) is 11.0 Å². The minimum absolute atomic E-state index is 0.119. The molecule has 5 rings (SSSR count). The van der Waals surface area contributed by atoms with Gasteiger partial charge in [0.1, 0.15) is 22.6 Å². The number of nitro groups is 1. The van der Waals surface area contributed by atoms with Crippen LogP contribution in [0.4, 0.5) is 30.2 Å². The molecule has 204 valence electrons. The highest BCUT2D eigenvalue weighted by atomic mass is 19.4. The highest BCUT2D eigenvalue weighted by molar-refractivity contribution is 6.08. The molecular weight excluding hydrogens is 517 g/mol. The average Bonchev–Trinajstić information content (AvgIpc) is 3.28. The first kappa shape index (κ1) is 26.3. The number of alkyl halides is 3. The number of benzene rings is 3. The molecule has 1 fully saturated rings. The fourth-order valence-electron chi connectivity index (χ4n) is 4.88. The van der Waals surface area contributed by atoms with E-state index < -0.39 is 28.4 Å². The highest BCUT2D eigenvalue weighted by Crippen LogP contribution is 2.38. The Bertz CT molecular complexity index is 1560. The van der Waals surface area contributed by atoms with E-state index in [4.69, 9.17) is 9.15 Å². The van der Waals surface area contributed by atoms with Crippen LogP contribution in [0.5, 0.6) is 5.75 Å². The van der Waals surface area contributed by atoms with Gasteiger partial charge in [-0.25, -0.2) is 0 Å². The van der Waals surface area contributed by atoms with Crippen LogP contribution >= 0.6 is 0 Å². The lowest BCUT2D eigenvalue weighted by atomic mass is 10.1. The normalized spacial score (nSPS) is 15.5. The molecule has 12 heteroatoms. The number of para-hydroxylation sites is 1. The first-order chi connectivity index (χ1) is 18.6. The molecule has 4 aromatic rings. The van der Waals surface area contributed by atoms with Gasteiger partial charge in [-0.2, -0.15) is 13.2 Å². The molecule has 0 radical (unpaired) electrons. The number of fused-ring (bicyclic) bond motifs is 3. The largest absolute Gasteiger partial charge is 0.495 e. The molecule has 3 aromatic carbocycles. The molecule has 1 saturated heterocycles. The number of hydrogen-bond donors (Lipinski definition) is 1. The van der Waals surface area contributed by atoms with Gasteiger partial charge in [-0.3, -0.25) is 19.8 Å². The summed E-state index contributed by atoms with van der Waals surface area (Å²) in [4.78, 5) is 27.4. The molecule has 0 bridgehead atoms. The summed E-state index contributed by atoms with van der Waals surface area (Å²) in [5.74, 6) is 0.201. The molecule has 2 heterocycles. The topological polar surface area (TPSA) is 101 Å². The van der Waals surface area contributed by atoms with E-state index >= 15 is 0 Å². The first-order valence-corrected chi connectivity index (χ1v) is 12.2. The molecule has 0 unspecified atom stereocenters. The van der Waals surface area contributed by atoms with Crippen LogP contribution in [-0.4, -0.2) is 55.1 Å². The number of piperazine rings is 1. The predicted molar refractivity (Wildman–Crippen MR) is 140 cm³/mol. The predicted octanol–water partition coefficient (Wildman–Crippen LogP) is 5.67. The third-order valence-corrected chi connectivity index (χ3v) is 7.04. The van der Waals surface area contributed by atoms with Crippen LogP contribution in [0.3, 0.4) is 0 Å². The maximum atomic E-state index is 13.2. The summed E-state index contributed by atoms with van der Waals surface area (Å²) in [5.41, 5.74) is 0.230. The van der Waals surface area contributed by atoms with Crippen LogP contribution in [0.25, 0.3) is 21.9 Å². The lowest BCUT2D eigenvalue weighted by Crippen LogP contribution is -2.53. The van der Waals surface area contributed by atoms with E-state index in [-0.39, 0.29) is 11.6 Å². The molecule has 39 heavy (non-hydrogen) atoms. The Morgan fingerprint density at radius 2 is 1.77 bits per heavy atom. The van der Waals surface area contributed by atoms with Crippen molar-refractivity contribution in [3.8, 4) is 5.75 Å². The second kappa shape index (κ2) is 10.1. The maximum absolute atomic E-state index is 13.2. The average molecular weight is 543 g/mol. The van der Waals surface area contributed by atoms with Crippen molar-refractivity contribution in [3.63, 3.8) is 0 Å². The van der Waals surface area contributed by atoms with Gasteiger partial charge in [0.25, 0.3) is 5.69 Å². The molecule has 1 atom stereocenters. The number of carbonyl (C=O) groups excluding carboxylic acids is 1. The van der Waals surface area contributed by atoms with Gasteiger partial charge in [-0.05, 0) is 31.2 Å². The van der Waals surface area contributed by atoms with Crippen LogP contribution in [0.2, 0.25) is 0 Å². The number of hydrogen-bond acceptors (Lipinski definition) is 7. The second-order valence-electron chi connectivity index (χ2n) is 9.29. The minimum Gasteiger partial charge on any atom is -0.495 e. The summed E-state index contributed by atoms with van der Waals surface area (Å²) in [6, 6.07) is 13.1. The molecule has 1 aliphatic rings. The summed E-state index contributed by atoms with van der Waals surface area (Å²) in [6.45, 7) is 3.12. The summed E-state index contributed by atoms with van der Waals surface area (Å²) >= 11 is 0. The van der Waals surface area contributed by atoms with Gasteiger partial charge in [-0.15, -0.1) is 0 Å². The Kier molecular flexibility index (Phi) is 6.81. The molecule has 1 aromatic heterocycles. The zero-order chi connectivity index (χ0) is 27.9. The first-order valence-electron chi connectivity index (χ1n) is 12.2. The van der Waals surface area contributed by atoms with Crippen molar-refractivity contribution in [3.05, 3.63) is 70.3 Å². The van der Waals surface area contributed by atoms with Gasteiger partial charge < -0.3 is 19.4 Å². The summed E-state index contributed by atoms with van der Waals surface area (Å²) in [6.07, 6.45) is -4.68. The molecule has 0 aliphatic carbocycles. The Morgan fingerprint density at radius 3 is 2.44 bits per heavy atom. The fourth-order valence-corrected chi connectivity index (χ4v) is 4.88. The maximum Gasteiger partial charge on any atom is 0.416 e. The van der Waals surface area contributed by atoms with E-state index in [9.17, 15) is 28.1 Å². The summed E-state index contributed by atoms with van der Waals surface area (Å²) < 4.78 is 50.6. The van der Waals surface area contributed by atoms with E-state index in [1.807, 2.05) is 35.2 Å². The number of carbonyl (C=O) groups is 1. The molecule has 0 saturated carbocycles. The Morgan fingerprint density at radius 1 is 1.05 bits per heavy atom. The Labute approximate surface area is 220 Å². The number of nitrogens with zero attached hydrogens (tertiary/aromatic N) is 3. The highest BCUT2D eigenvalue weighted by Gasteiger charge is 2.35. The molecule has 0 spiro atoms. The number of halogens is 3. The van der Waals surface area contributed by atoms with Gasteiger partial charge in [0.05, 0.1) is 29.3 Å². The SMILES string of the molecule is COc1cc2c(cc1NC(=O)[C@H](C)N1CCN(c3ccc(C(F)(F)F)cc3[N+](=O)[O-])CC1)oc1ccccc12. The number of nitro benzene ring substituents is 1. The zero-order valence-corrected chi connectivity index (χ0v) is 21.1. The zero-order valence-electron chi connectivity index (χ0n) is 21.1. The lowest BCUT2D eigenvalue weighted by molar-refractivity contribution is -0.384. The van der Waals surface area contributed by atoms with Gasteiger partial charge in [0.15, 0.2) is 0 Å². The minimum atomic E-state index is -4.68. The van der Waals surface area contributed by atoms with Crippen LogP contribution < -0.4 is 15.0 Å². The standard InChI is InChI=1S/C27H25F3N4O5/c1-16(26(35)31-20-15-24-19(14-25(20)38-2)18-5-3-4-6-23(18)39-24)32-9-11-33(12-10-32)21-8-7-17(27(28,29)30)13-22(21)34(36)37/h3-8,13-16H,9-12H2,1-2H3,(H,31,35)/t16-/m0/s1. The third kappa shape index (κ3) is 5.07. The van der Waals surface area contributed by atoms with Gasteiger partial charge >= 0.3 is 6.18 Å². The Hall–Kier alpha value is -4.32. The van der Waals surface area contributed by atoms with E-state index in [0.29, 0.717) is 49.3 Å². The second-order valence-corrected chi connectivity index (χ2v) is 9.29. The number of rotatable bonds is 6. The fraction of sp³-hybridized carbons (Fsp3) is 0.296. The van der Waals surface area contributed by atoms with Gasteiger partial charge in [0.2, 0.25) is 5.91 Å². The van der Waals surface area contributed by atoms with E-state index in [0.717, 1.165) is 28.5 Å². The van der Waals surface area contributed by atoms with E-state index in [1.165, 1.54) is 7.11 Å². The summed E-state index contributed by atoms with van der Waals surface area (Å²) in [7, 11) is 1.52. The molecule has 1 N–H and O–H groups in total. The quantitative estimate of drug-likeness (QED) is 0.247. The number of ether oxygens (including phenoxy) is 1. The van der Waals surface area contributed by atoms with Crippen molar-refractivity contribution in [2.75, 3.05) is 43.5 Å². The third-order valence-electron chi connectivity index (χ3n) is 7.04. The van der Waals surface area contributed by atoms with Gasteiger partial charge in [0, 0.05) is 49.1 Å². The van der Waals surface area contributed by atoms with E-state index in [2.05, 4.69) is 5.32 Å². The smallest absolute Gasteiger partial charge is 0.416 e. The molecule has 1 amide bonds. The number of anilines is 2. The monoisotopic (exact) mass is 542 g/mol. The summed E-state index contributed by atoms with van der Waals surface area (Å²) in [5, 5.41) is 16.2. The molecule has 1 aliphatic heterocycles. The van der Waals surface area contributed by atoms with Crippen molar-refractivity contribution in [1.82, 2.24) is 4.90 Å². The Balaban J connectivity index is 1.29. The van der Waals surface area contributed by atoms with Crippen LogP contribution in [0.1, 0.15) is 12.5 Å². The van der Waals surface area contributed by atoms with Gasteiger partial charge in [-0.1, -0.05) is 18.2 Å². The molecular formula is C27H25F3N4O5. The van der Waals surface area contributed by atoms with Crippen molar-refractivity contribution >= 4 is 44.9 Å².